The van der Waals surface area contributed by atoms with E-state index in [1.807, 2.05) is 0 Å². The second-order valence-electron chi connectivity index (χ2n) is 3.24. The molecule has 2 aromatic heterocycles. The van der Waals surface area contributed by atoms with Gasteiger partial charge in [0.25, 0.3) is 10.0 Å². The lowest BCUT2D eigenvalue weighted by Gasteiger charge is -2.05. The summed E-state index contributed by atoms with van der Waals surface area (Å²) in [4.78, 5) is 3.59. The van der Waals surface area contributed by atoms with E-state index in [2.05, 4.69) is 14.9 Å². The van der Waals surface area contributed by atoms with Gasteiger partial charge in [-0.25, -0.2) is 13.1 Å². The molecule has 0 atom stereocenters. The van der Waals surface area contributed by atoms with Crippen LogP contribution in [0, 0.1) is 6.92 Å². The number of pyridine rings is 1. The number of nitrogens with zero attached hydrogens (tertiary/aromatic N) is 2. The first kappa shape index (κ1) is 11.9. The summed E-state index contributed by atoms with van der Waals surface area (Å²) in [5.41, 5.74) is 0.569. The zero-order valence-corrected chi connectivity index (χ0v) is 10.3. The predicted octanol–water partition coefficient (Wildman–Crippen LogP) is 1.83. The van der Waals surface area contributed by atoms with Gasteiger partial charge in [-0.15, -0.1) is 0 Å². The Morgan fingerprint density at radius 2 is 2.24 bits per heavy atom. The molecule has 0 saturated heterocycles. The summed E-state index contributed by atoms with van der Waals surface area (Å²) in [5.74, 6) is 0.0300. The van der Waals surface area contributed by atoms with Crippen LogP contribution in [0.4, 0.5) is 5.88 Å². The standard InChI is InChI=1S/C9H8ClN3O3S/c1-6-4-9(16-12-6)13-17(14,15)8-5-11-3-2-7(8)10/h2-5,13H,1H3. The fraction of sp³-hybridized carbons (Fsp3) is 0.111. The lowest BCUT2D eigenvalue weighted by molar-refractivity contribution is 0.430. The van der Waals surface area contributed by atoms with Gasteiger partial charge in [-0.1, -0.05) is 16.8 Å². The molecular weight excluding hydrogens is 266 g/mol. The summed E-state index contributed by atoms with van der Waals surface area (Å²) in [6.45, 7) is 1.68. The van der Waals surface area contributed by atoms with Gasteiger partial charge in [0.15, 0.2) is 0 Å². The highest BCUT2D eigenvalue weighted by Crippen LogP contribution is 2.22. The largest absolute Gasteiger partial charge is 0.338 e. The van der Waals surface area contributed by atoms with Crippen molar-refractivity contribution in [2.24, 2.45) is 0 Å². The highest BCUT2D eigenvalue weighted by molar-refractivity contribution is 7.92. The highest BCUT2D eigenvalue weighted by atomic mass is 35.5. The first-order chi connectivity index (χ1) is 7.99. The molecule has 0 fully saturated rings. The zero-order valence-electron chi connectivity index (χ0n) is 8.71. The van der Waals surface area contributed by atoms with Gasteiger partial charge in [0, 0.05) is 18.5 Å². The molecule has 0 unspecified atom stereocenters. The molecule has 0 aliphatic carbocycles. The number of rotatable bonds is 3. The molecule has 0 aliphatic rings. The van der Waals surface area contributed by atoms with E-state index in [4.69, 9.17) is 16.1 Å². The van der Waals surface area contributed by atoms with Gasteiger partial charge in [0.1, 0.15) is 4.90 Å². The number of aromatic nitrogens is 2. The first-order valence-corrected chi connectivity index (χ1v) is 6.41. The quantitative estimate of drug-likeness (QED) is 0.922. The molecule has 1 N–H and O–H groups in total. The first-order valence-electron chi connectivity index (χ1n) is 4.55. The van der Waals surface area contributed by atoms with Crippen molar-refractivity contribution in [2.75, 3.05) is 4.72 Å². The topological polar surface area (TPSA) is 85.1 Å². The van der Waals surface area contributed by atoms with E-state index in [1.54, 1.807) is 6.92 Å². The lowest BCUT2D eigenvalue weighted by Crippen LogP contribution is -2.13. The summed E-state index contributed by atoms with van der Waals surface area (Å²) in [7, 11) is -3.81. The number of nitrogens with one attached hydrogen (secondary N) is 1. The van der Waals surface area contributed by atoms with Gasteiger partial charge >= 0.3 is 0 Å². The molecule has 6 nitrogen and oxygen atoms in total. The molecule has 17 heavy (non-hydrogen) atoms. The Bertz CT molecular complexity index is 638. The van der Waals surface area contributed by atoms with Crippen molar-refractivity contribution < 1.29 is 12.9 Å². The Morgan fingerprint density at radius 3 is 2.82 bits per heavy atom. The van der Waals surface area contributed by atoms with Crippen LogP contribution in [0.5, 0.6) is 0 Å². The fourth-order valence-corrected chi connectivity index (χ4v) is 2.57. The minimum Gasteiger partial charge on any atom is -0.338 e. The molecule has 0 aromatic carbocycles. The summed E-state index contributed by atoms with van der Waals surface area (Å²) in [6.07, 6.45) is 2.56. The van der Waals surface area contributed by atoms with Crippen LogP contribution in [-0.4, -0.2) is 18.6 Å². The Balaban J connectivity index is 2.35. The van der Waals surface area contributed by atoms with Gasteiger partial charge in [-0.3, -0.25) is 4.98 Å². The molecule has 0 spiro atoms. The smallest absolute Gasteiger partial charge is 0.267 e. The second-order valence-corrected chi connectivity index (χ2v) is 5.30. The Morgan fingerprint density at radius 1 is 1.47 bits per heavy atom. The Hall–Kier alpha value is -1.60. The number of hydrogen-bond acceptors (Lipinski definition) is 5. The van der Waals surface area contributed by atoms with E-state index in [1.165, 1.54) is 18.3 Å². The zero-order chi connectivity index (χ0) is 12.5. The minimum atomic E-state index is -3.81. The molecule has 0 radical (unpaired) electrons. The van der Waals surface area contributed by atoms with Gasteiger partial charge in [0.2, 0.25) is 5.88 Å². The Labute approximate surface area is 103 Å². The maximum Gasteiger partial charge on any atom is 0.267 e. The third-order valence-electron chi connectivity index (χ3n) is 1.89. The predicted molar refractivity (Wildman–Crippen MR) is 61.3 cm³/mol. The fourth-order valence-electron chi connectivity index (χ4n) is 1.16. The maximum absolute atomic E-state index is 11.9. The lowest BCUT2D eigenvalue weighted by atomic mass is 10.5. The van der Waals surface area contributed by atoms with E-state index in [-0.39, 0.29) is 15.8 Å². The third-order valence-corrected chi connectivity index (χ3v) is 3.70. The third kappa shape index (κ3) is 2.56. The molecule has 2 aromatic rings. The summed E-state index contributed by atoms with van der Waals surface area (Å²) in [6, 6.07) is 2.85. The molecule has 2 heterocycles. The van der Waals surface area contributed by atoms with Gasteiger partial charge in [-0.2, -0.15) is 0 Å². The molecule has 90 valence electrons. The van der Waals surface area contributed by atoms with Crippen molar-refractivity contribution in [2.45, 2.75) is 11.8 Å². The average molecular weight is 274 g/mol. The number of hydrogen-bond donors (Lipinski definition) is 1. The molecule has 0 amide bonds. The van der Waals surface area contributed by atoms with Crippen LogP contribution in [0.15, 0.2) is 33.9 Å². The van der Waals surface area contributed by atoms with Crippen LogP contribution >= 0.6 is 11.6 Å². The minimum absolute atomic E-state index is 0.0300. The molecule has 2 rings (SSSR count). The Kier molecular flexibility index (Phi) is 3.03. The molecule has 0 bridgehead atoms. The van der Waals surface area contributed by atoms with Crippen LogP contribution < -0.4 is 4.72 Å². The van der Waals surface area contributed by atoms with E-state index >= 15 is 0 Å². The van der Waals surface area contributed by atoms with Gasteiger partial charge in [0.05, 0.1) is 10.7 Å². The molecule has 0 aliphatic heterocycles. The van der Waals surface area contributed by atoms with Crippen molar-refractivity contribution in [3.8, 4) is 0 Å². The average Bonchev–Trinajstić information content (AvgIpc) is 2.63. The van der Waals surface area contributed by atoms with Crippen LogP contribution in [-0.2, 0) is 10.0 Å². The van der Waals surface area contributed by atoms with Crippen molar-refractivity contribution in [3.63, 3.8) is 0 Å². The molecular formula is C9H8ClN3O3S. The summed E-state index contributed by atoms with van der Waals surface area (Å²) in [5, 5.41) is 3.65. The highest BCUT2D eigenvalue weighted by Gasteiger charge is 2.19. The normalized spacial score (nSPS) is 11.4. The van der Waals surface area contributed by atoms with E-state index in [9.17, 15) is 8.42 Å². The van der Waals surface area contributed by atoms with E-state index < -0.39 is 10.0 Å². The van der Waals surface area contributed by atoms with E-state index in [0.29, 0.717) is 5.69 Å². The second kappa shape index (κ2) is 4.34. The summed E-state index contributed by atoms with van der Waals surface area (Å²) < 4.78 is 30.8. The van der Waals surface area contributed by atoms with Crippen LogP contribution in [0.3, 0.4) is 0 Å². The maximum atomic E-state index is 11.9. The summed E-state index contributed by atoms with van der Waals surface area (Å²) >= 11 is 5.77. The van der Waals surface area contributed by atoms with Crippen molar-refractivity contribution >= 4 is 27.5 Å². The van der Waals surface area contributed by atoms with Gasteiger partial charge < -0.3 is 4.52 Å². The van der Waals surface area contributed by atoms with Gasteiger partial charge in [-0.05, 0) is 13.0 Å². The van der Waals surface area contributed by atoms with Crippen LogP contribution in [0.25, 0.3) is 0 Å². The van der Waals surface area contributed by atoms with Crippen molar-refractivity contribution in [1.29, 1.82) is 0 Å². The molecule has 8 heteroatoms. The molecule has 0 saturated carbocycles. The van der Waals surface area contributed by atoms with Crippen molar-refractivity contribution in [3.05, 3.63) is 35.2 Å². The monoisotopic (exact) mass is 273 g/mol. The van der Waals surface area contributed by atoms with Crippen LogP contribution in [0.2, 0.25) is 5.02 Å². The number of halogens is 1. The number of aryl methyl sites for hydroxylation is 1. The van der Waals surface area contributed by atoms with Crippen LogP contribution in [0.1, 0.15) is 5.69 Å². The SMILES string of the molecule is Cc1cc(NS(=O)(=O)c2cnccc2Cl)on1. The van der Waals surface area contributed by atoms with Crippen molar-refractivity contribution in [1.82, 2.24) is 10.1 Å². The number of sulfonamides is 1. The number of anilines is 1. The van der Waals surface area contributed by atoms with E-state index in [0.717, 1.165) is 6.20 Å².